The summed E-state index contributed by atoms with van der Waals surface area (Å²) in [6.07, 6.45) is 0. The SMILES string of the molecule is CCOC(=O)c1c(C)sc2c1OC(N)=C(C#N)[C@H]2c1ccc(O)c(OC)c1. The largest absolute Gasteiger partial charge is 0.504 e. The van der Waals surface area contributed by atoms with Crippen LogP contribution >= 0.6 is 11.3 Å². The molecule has 3 rings (SSSR count). The van der Waals surface area contributed by atoms with Crippen LogP contribution in [0.3, 0.4) is 0 Å². The molecule has 0 bridgehead atoms. The maximum absolute atomic E-state index is 12.4. The molecule has 0 aliphatic carbocycles. The van der Waals surface area contributed by atoms with Crippen molar-refractivity contribution in [1.29, 1.82) is 5.26 Å². The Labute approximate surface area is 160 Å². The third kappa shape index (κ3) is 3.06. The Morgan fingerprint density at radius 1 is 1.48 bits per heavy atom. The zero-order valence-electron chi connectivity index (χ0n) is 15.0. The topological polar surface area (TPSA) is 115 Å². The predicted molar refractivity (Wildman–Crippen MR) is 99.0 cm³/mol. The van der Waals surface area contributed by atoms with E-state index in [1.807, 2.05) is 0 Å². The van der Waals surface area contributed by atoms with E-state index in [-0.39, 0.29) is 29.6 Å². The van der Waals surface area contributed by atoms with E-state index >= 15 is 0 Å². The van der Waals surface area contributed by atoms with Gasteiger partial charge in [-0.1, -0.05) is 6.07 Å². The van der Waals surface area contributed by atoms with Crippen LogP contribution in [-0.4, -0.2) is 24.8 Å². The molecule has 0 fully saturated rings. The molecule has 0 radical (unpaired) electrons. The first kappa shape index (κ1) is 18.6. The number of aromatic hydroxyl groups is 1. The van der Waals surface area contributed by atoms with Gasteiger partial charge in [-0.15, -0.1) is 11.3 Å². The number of nitriles is 1. The number of aryl methyl sites for hydroxylation is 1. The summed E-state index contributed by atoms with van der Waals surface area (Å²) in [4.78, 5) is 13.8. The highest BCUT2D eigenvalue weighted by atomic mass is 32.1. The quantitative estimate of drug-likeness (QED) is 0.776. The number of fused-ring (bicyclic) bond motifs is 1. The molecule has 0 spiro atoms. The molecule has 0 amide bonds. The fourth-order valence-electron chi connectivity index (χ4n) is 3.03. The molecule has 2 aromatic rings. The Hall–Kier alpha value is -3.18. The summed E-state index contributed by atoms with van der Waals surface area (Å²) in [6.45, 7) is 3.74. The highest BCUT2D eigenvalue weighted by Crippen LogP contribution is 2.50. The second-order valence-electron chi connectivity index (χ2n) is 5.80. The van der Waals surface area contributed by atoms with Gasteiger partial charge in [-0.2, -0.15) is 5.26 Å². The van der Waals surface area contributed by atoms with E-state index in [1.165, 1.54) is 24.5 Å². The van der Waals surface area contributed by atoms with E-state index in [0.717, 1.165) is 0 Å². The Balaban J connectivity index is 2.22. The third-order valence-corrected chi connectivity index (χ3v) is 5.38. The van der Waals surface area contributed by atoms with Crippen molar-refractivity contribution in [3.8, 4) is 23.3 Å². The Bertz CT molecular complexity index is 987. The Kier molecular flexibility index (Phi) is 4.97. The van der Waals surface area contributed by atoms with Gasteiger partial charge in [0.05, 0.1) is 24.5 Å². The number of carbonyl (C=O) groups excluding carboxylic acids is 1. The molecule has 1 atom stereocenters. The molecule has 1 aliphatic heterocycles. The zero-order valence-corrected chi connectivity index (χ0v) is 15.8. The summed E-state index contributed by atoms with van der Waals surface area (Å²) >= 11 is 1.34. The van der Waals surface area contributed by atoms with E-state index in [9.17, 15) is 15.2 Å². The van der Waals surface area contributed by atoms with Gasteiger partial charge in [-0.3, -0.25) is 0 Å². The molecule has 0 saturated heterocycles. The minimum absolute atomic E-state index is 0.0152. The van der Waals surface area contributed by atoms with Crippen molar-refractivity contribution < 1.29 is 24.1 Å². The van der Waals surface area contributed by atoms with Crippen molar-refractivity contribution in [2.24, 2.45) is 5.73 Å². The lowest BCUT2D eigenvalue weighted by atomic mass is 9.88. The van der Waals surface area contributed by atoms with Crippen LogP contribution < -0.4 is 15.2 Å². The number of phenolic OH excluding ortho intramolecular Hbond substituents is 1. The van der Waals surface area contributed by atoms with Gasteiger partial charge in [0.25, 0.3) is 0 Å². The summed E-state index contributed by atoms with van der Waals surface area (Å²) in [7, 11) is 1.44. The fraction of sp³-hybridized carbons (Fsp3) is 0.263. The molecule has 27 heavy (non-hydrogen) atoms. The number of hydrogen-bond donors (Lipinski definition) is 2. The summed E-state index contributed by atoms with van der Waals surface area (Å²) in [6, 6.07) is 6.90. The summed E-state index contributed by atoms with van der Waals surface area (Å²) in [5, 5.41) is 19.5. The number of phenols is 1. The average molecular weight is 386 g/mol. The number of nitrogens with two attached hydrogens (primary N) is 1. The number of hydrogen-bond acceptors (Lipinski definition) is 8. The number of esters is 1. The molecule has 3 N–H and O–H groups in total. The first-order valence-corrected chi connectivity index (χ1v) is 8.99. The summed E-state index contributed by atoms with van der Waals surface area (Å²) < 4.78 is 16.0. The number of carbonyl (C=O) groups is 1. The maximum atomic E-state index is 12.4. The van der Waals surface area contributed by atoms with Gasteiger partial charge in [-0.05, 0) is 31.5 Å². The zero-order chi connectivity index (χ0) is 19.7. The molecule has 1 aliphatic rings. The minimum atomic E-state index is -0.542. The first-order chi connectivity index (χ1) is 12.9. The molecule has 2 heterocycles. The lowest BCUT2D eigenvalue weighted by Gasteiger charge is -2.24. The molecule has 140 valence electrons. The first-order valence-electron chi connectivity index (χ1n) is 8.17. The van der Waals surface area contributed by atoms with E-state index in [2.05, 4.69) is 6.07 Å². The van der Waals surface area contributed by atoms with Crippen LogP contribution in [0.4, 0.5) is 0 Å². The Morgan fingerprint density at radius 3 is 2.85 bits per heavy atom. The highest BCUT2D eigenvalue weighted by Gasteiger charge is 2.37. The second kappa shape index (κ2) is 7.21. The number of nitrogens with zero attached hydrogens (tertiary/aromatic N) is 1. The van der Waals surface area contributed by atoms with Crippen LogP contribution in [0.25, 0.3) is 0 Å². The predicted octanol–water partition coefficient (Wildman–Crippen LogP) is 3.17. The molecule has 7 nitrogen and oxygen atoms in total. The van der Waals surface area contributed by atoms with Gasteiger partial charge in [0, 0.05) is 4.88 Å². The third-order valence-electron chi connectivity index (χ3n) is 4.23. The van der Waals surface area contributed by atoms with Crippen molar-refractivity contribution in [3.63, 3.8) is 0 Å². The summed E-state index contributed by atoms with van der Waals surface area (Å²) in [5.74, 6) is -0.536. The van der Waals surface area contributed by atoms with Crippen LogP contribution in [0.15, 0.2) is 29.7 Å². The molecule has 8 heteroatoms. The van der Waals surface area contributed by atoms with Crippen molar-refractivity contribution in [2.75, 3.05) is 13.7 Å². The van der Waals surface area contributed by atoms with Gasteiger partial charge in [-0.25, -0.2) is 4.79 Å². The van der Waals surface area contributed by atoms with Gasteiger partial charge < -0.3 is 25.1 Å². The van der Waals surface area contributed by atoms with Crippen molar-refractivity contribution in [1.82, 2.24) is 0 Å². The van der Waals surface area contributed by atoms with Gasteiger partial charge in [0.15, 0.2) is 17.2 Å². The van der Waals surface area contributed by atoms with Crippen LogP contribution in [0, 0.1) is 18.3 Å². The molecule has 1 aromatic heterocycles. The average Bonchev–Trinajstić information content (AvgIpc) is 2.96. The van der Waals surface area contributed by atoms with Crippen LogP contribution in [0.1, 0.15) is 38.5 Å². The monoisotopic (exact) mass is 386 g/mol. The normalized spacial score (nSPS) is 15.6. The highest BCUT2D eigenvalue weighted by molar-refractivity contribution is 7.12. The maximum Gasteiger partial charge on any atom is 0.343 e. The Morgan fingerprint density at radius 2 is 2.22 bits per heavy atom. The number of methoxy groups -OCH3 is 1. The van der Waals surface area contributed by atoms with E-state index < -0.39 is 11.9 Å². The number of allylic oxidation sites excluding steroid dienone is 1. The summed E-state index contributed by atoms with van der Waals surface area (Å²) in [5.41, 5.74) is 7.22. The molecular weight excluding hydrogens is 368 g/mol. The lowest BCUT2D eigenvalue weighted by Crippen LogP contribution is -2.21. The minimum Gasteiger partial charge on any atom is -0.504 e. The van der Waals surface area contributed by atoms with E-state index in [4.69, 9.17) is 19.9 Å². The molecule has 1 aromatic carbocycles. The van der Waals surface area contributed by atoms with E-state index in [1.54, 1.807) is 26.0 Å². The standard InChI is InChI=1S/C19H18N2O5S/c1-4-25-19(23)14-9(2)27-17-15(11(8-20)18(21)26-16(14)17)10-5-6-12(22)13(7-10)24-3/h5-7,15,22H,4,21H2,1-3H3/t15-/m1/s1. The number of benzene rings is 1. The molecular formula is C19H18N2O5S. The number of rotatable bonds is 4. The van der Waals surface area contributed by atoms with Crippen molar-refractivity contribution in [2.45, 2.75) is 19.8 Å². The number of ether oxygens (including phenoxy) is 3. The number of thiophene rings is 1. The van der Waals surface area contributed by atoms with Crippen LogP contribution in [0.2, 0.25) is 0 Å². The fourth-order valence-corrected chi connectivity index (χ4v) is 4.24. The smallest absolute Gasteiger partial charge is 0.343 e. The van der Waals surface area contributed by atoms with Crippen molar-refractivity contribution in [3.05, 3.63) is 50.5 Å². The second-order valence-corrected chi connectivity index (χ2v) is 7.06. The molecule has 0 unspecified atom stereocenters. The van der Waals surface area contributed by atoms with E-state index in [0.29, 0.717) is 26.6 Å². The van der Waals surface area contributed by atoms with Gasteiger partial charge in [0.1, 0.15) is 17.2 Å². The van der Waals surface area contributed by atoms with Crippen molar-refractivity contribution >= 4 is 17.3 Å². The van der Waals surface area contributed by atoms with Crippen LogP contribution in [0.5, 0.6) is 17.2 Å². The van der Waals surface area contributed by atoms with Gasteiger partial charge >= 0.3 is 5.97 Å². The lowest BCUT2D eigenvalue weighted by molar-refractivity contribution is 0.0522. The van der Waals surface area contributed by atoms with Crippen LogP contribution in [-0.2, 0) is 4.74 Å². The molecule has 0 saturated carbocycles. The van der Waals surface area contributed by atoms with Gasteiger partial charge in [0.2, 0.25) is 5.88 Å².